The highest BCUT2D eigenvalue weighted by atomic mass is 16.5. The monoisotopic (exact) mass is 341 g/mol. The lowest BCUT2D eigenvalue weighted by Crippen LogP contribution is -2.35. The Bertz CT molecular complexity index is 759. The summed E-state index contributed by atoms with van der Waals surface area (Å²) in [4.78, 5) is 12.2. The van der Waals surface area contributed by atoms with Gasteiger partial charge in [-0.15, -0.1) is 0 Å². The number of hydrogen-bond acceptors (Lipinski definition) is 5. The number of nitrogens with one attached hydrogen (secondary N) is 2. The largest absolute Gasteiger partial charge is 0.497 e. The number of benzene rings is 2. The van der Waals surface area contributed by atoms with E-state index >= 15 is 0 Å². The van der Waals surface area contributed by atoms with Crippen molar-refractivity contribution in [3.63, 3.8) is 0 Å². The van der Waals surface area contributed by atoms with Crippen LogP contribution in [0, 0.1) is 6.92 Å². The van der Waals surface area contributed by atoms with Crippen molar-refractivity contribution in [1.29, 1.82) is 0 Å². The number of methoxy groups -OCH3 is 2. The molecule has 2 aromatic rings. The topological polar surface area (TPSA) is 72.0 Å². The van der Waals surface area contributed by atoms with E-state index < -0.39 is 6.04 Å². The van der Waals surface area contributed by atoms with Crippen molar-refractivity contribution in [1.82, 2.24) is 5.43 Å². The van der Waals surface area contributed by atoms with Gasteiger partial charge in [0.05, 0.1) is 20.4 Å². The quantitative estimate of drug-likeness (QED) is 0.600. The molecule has 132 valence electrons. The molecule has 0 bridgehead atoms. The van der Waals surface area contributed by atoms with Crippen LogP contribution in [0.2, 0.25) is 0 Å². The van der Waals surface area contributed by atoms with Crippen LogP contribution in [-0.4, -0.2) is 32.4 Å². The maximum absolute atomic E-state index is 12.2. The average molecular weight is 341 g/mol. The Morgan fingerprint density at radius 1 is 1.16 bits per heavy atom. The zero-order chi connectivity index (χ0) is 18.2. The van der Waals surface area contributed by atoms with E-state index in [0.717, 1.165) is 16.8 Å². The lowest BCUT2D eigenvalue weighted by molar-refractivity contribution is -0.121. The molecule has 25 heavy (non-hydrogen) atoms. The molecule has 2 rings (SSSR count). The smallest absolute Gasteiger partial charge is 0.262 e. The van der Waals surface area contributed by atoms with Gasteiger partial charge in [-0.2, -0.15) is 5.10 Å². The minimum Gasteiger partial charge on any atom is -0.497 e. The van der Waals surface area contributed by atoms with Crippen LogP contribution in [0.1, 0.15) is 18.1 Å². The summed E-state index contributed by atoms with van der Waals surface area (Å²) in [5, 5.41) is 7.17. The van der Waals surface area contributed by atoms with Crippen molar-refractivity contribution in [2.24, 2.45) is 5.10 Å². The van der Waals surface area contributed by atoms with Crippen molar-refractivity contribution in [3.05, 3.63) is 53.6 Å². The van der Waals surface area contributed by atoms with Crippen LogP contribution < -0.4 is 20.2 Å². The molecule has 2 N–H and O–H groups in total. The highest BCUT2D eigenvalue weighted by molar-refractivity contribution is 5.88. The van der Waals surface area contributed by atoms with Gasteiger partial charge in [-0.05, 0) is 37.6 Å². The van der Waals surface area contributed by atoms with Gasteiger partial charge in [-0.25, -0.2) is 5.43 Å². The third kappa shape index (κ3) is 4.97. The summed E-state index contributed by atoms with van der Waals surface area (Å²) >= 11 is 0. The Balaban J connectivity index is 1.97. The number of anilines is 1. The highest BCUT2D eigenvalue weighted by Crippen LogP contribution is 2.23. The fourth-order valence-electron chi connectivity index (χ4n) is 2.22. The lowest BCUT2D eigenvalue weighted by atomic mass is 10.2. The minimum atomic E-state index is -0.420. The summed E-state index contributed by atoms with van der Waals surface area (Å²) in [5.74, 6) is 1.07. The lowest BCUT2D eigenvalue weighted by Gasteiger charge is -2.15. The number of nitrogens with zero attached hydrogens (tertiary/aromatic N) is 1. The zero-order valence-electron chi connectivity index (χ0n) is 14.9. The second kappa shape index (κ2) is 8.73. The molecule has 6 nitrogen and oxygen atoms in total. The summed E-state index contributed by atoms with van der Waals surface area (Å²) in [7, 11) is 3.16. The Labute approximate surface area is 147 Å². The average Bonchev–Trinajstić information content (AvgIpc) is 2.63. The fraction of sp³-hybridized carbons (Fsp3) is 0.263. The molecule has 0 radical (unpaired) electrons. The predicted octanol–water partition coefficient (Wildman–Crippen LogP) is 2.96. The molecule has 0 saturated carbocycles. The Hall–Kier alpha value is -3.02. The van der Waals surface area contributed by atoms with E-state index in [1.165, 1.54) is 6.21 Å². The number of carbonyl (C=O) groups excluding carboxylic acids is 1. The molecule has 2 aromatic carbocycles. The second-order valence-electron chi connectivity index (χ2n) is 5.52. The molecule has 1 atom stereocenters. The SMILES string of the molecule is COc1ccc(/C=N\NC(=O)[C@H](C)Nc2ccccc2C)c(OC)c1. The van der Waals surface area contributed by atoms with Crippen molar-refractivity contribution in [2.75, 3.05) is 19.5 Å². The molecule has 0 spiro atoms. The molecule has 0 unspecified atom stereocenters. The van der Waals surface area contributed by atoms with Crippen LogP contribution in [0.3, 0.4) is 0 Å². The third-order valence-corrected chi connectivity index (χ3v) is 3.73. The van der Waals surface area contributed by atoms with Crippen LogP contribution in [0.5, 0.6) is 11.5 Å². The van der Waals surface area contributed by atoms with Crippen LogP contribution in [0.15, 0.2) is 47.6 Å². The molecular weight excluding hydrogens is 318 g/mol. The molecule has 0 aliphatic carbocycles. The van der Waals surface area contributed by atoms with Gasteiger partial charge in [0.2, 0.25) is 0 Å². The van der Waals surface area contributed by atoms with Crippen molar-refractivity contribution in [2.45, 2.75) is 19.9 Å². The molecule has 0 aliphatic rings. The normalized spacial score (nSPS) is 11.8. The molecule has 0 aromatic heterocycles. The molecule has 6 heteroatoms. The first kappa shape index (κ1) is 18.3. The first-order valence-electron chi connectivity index (χ1n) is 7.92. The van der Waals surface area contributed by atoms with Gasteiger partial charge >= 0.3 is 0 Å². The van der Waals surface area contributed by atoms with Gasteiger partial charge in [0.15, 0.2) is 0 Å². The van der Waals surface area contributed by atoms with Gasteiger partial charge in [-0.3, -0.25) is 4.79 Å². The number of para-hydroxylation sites is 1. The predicted molar refractivity (Wildman–Crippen MR) is 99.5 cm³/mol. The van der Waals surface area contributed by atoms with Crippen LogP contribution in [0.25, 0.3) is 0 Å². The Morgan fingerprint density at radius 2 is 1.92 bits per heavy atom. The van der Waals surface area contributed by atoms with E-state index in [0.29, 0.717) is 11.5 Å². The van der Waals surface area contributed by atoms with Crippen molar-refractivity contribution < 1.29 is 14.3 Å². The maximum Gasteiger partial charge on any atom is 0.262 e. The van der Waals surface area contributed by atoms with E-state index in [9.17, 15) is 4.79 Å². The molecule has 0 heterocycles. The fourth-order valence-corrected chi connectivity index (χ4v) is 2.22. The summed E-state index contributed by atoms with van der Waals surface area (Å²) in [5.41, 5.74) is 5.27. The third-order valence-electron chi connectivity index (χ3n) is 3.73. The molecule has 0 saturated heterocycles. The zero-order valence-corrected chi connectivity index (χ0v) is 14.9. The van der Waals surface area contributed by atoms with Gasteiger partial charge < -0.3 is 14.8 Å². The molecule has 0 aliphatic heterocycles. The van der Waals surface area contributed by atoms with Gasteiger partial charge in [0.25, 0.3) is 5.91 Å². The second-order valence-corrected chi connectivity index (χ2v) is 5.52. The van der Waals surface area contributed by atoms with Gasteiger partial charge in [0, 0.05) is 17.3 Å². The van der Waals surface area contributed by atoms with Gasteiger partial charge in [0.1, 0.15) is 17.5 Å². The maximum atomic E-state index is 12.2. The molecular formula is C19H23N3O3. The van der Waals surface area contributed by atoms with Crippen LogP contribution in [-0.2, 0) is 4.79 Å². The van der Waals surface area contributed by atoms with Crippen molar-refractivity contribution >= 4 is 17.8 Å². The molecule has 0 fully saturated rings. The Kier molecular flexibility index (Phi) is 6.39. The first-order chi connectivity index (χ1) is 12.0. The summed E-state index contributed by atoms with van der Waals surface area (Å²) < 4.78 is 10.4. The number of rotatable bonds is 7. The van der Waals surface area contributed by atoms with E-state index in [1.807, 2.05) is 37.3 Å². The minimum absolute atomic E-state index is 0.230. The van der Waals surface area contributed by atoms with E-state index in [2.05, 4.69) is 15.8 Å². The summed E-state index contributed by atoms with van der Waals surface area (Å²) in [6.45, 7) is 3.77. The number of carbonyl (C=O) groups is 1. The standard InChI is InChI=1S/C19H23N3O3/c1-13-7-5-6-8-17(13)21-14(2)19(23)22-20-12-15-9-10-16(24-3)11-18(15)25-4/h5-12,14,21H,1-4H3,(H,22,23)/b20-12-/t14-/m0/s1. The number of hydrazone groups is 1. The number of ether oxygens (including phenoxy) is 2. The summed E-state index contributed by atoms with van der Waals surface area (Å²) in [6.07, 6.45) is 1.54. The van der Waals surface area contributed by atoms with Crippen LogP contribution >= 0.6 is 0 Å². The number of hydrogen-bond donors (Lipinski definition) is 2. The number of aryl methyl sites for hydroxylation is 1. The summed E-state index contributed by atoms with van der Waals surface area (Å²) in [6, 6.07) is 12.7. The van der Waals surface area contributed by atoms with E-state index in [1.54, 1.807) is 33.3 Å². The van der Waals surface area contributed by atoms with E-state index in [4.69, 9.17) is 9.47 Å². The highest BCUT2D eigenvalue weighted by Gasteiger charge is 2.12. The first-order valence-corrected chi connectivity index (χ1v) is 7.92. The molecule has 1 amide bonds. The number of amides is 1. The van der Waals surface area contributed by atoms with Crippen molar-refractivity contribution in [3.8, 4) is 11.5 Å². The van der Waals surface area contributed by atoms with Crippen LogP contribution in [0.4, 0.5) is 5.69 Å². The van der Waals surface area contributed by atoms with Gasteiger partial charge in [-0.1, -0.05) is 18.2 Å². The Morgan fingerprint density at radius 3 is 2.60 bits per heavy atom. The van der Waals surface area contributed by atoms with E-state index in [-0.39, 0.29) is 5.91 Å².